The van der Waals surface area contributed by atoms with Crippen LogP contribution in [-0.4, -0.2) is 103 Å². The summed E-state index contributed by atoms with van der Waals surface area (Å²) in [6.07, 6.45) is -8.44. The van der Waals surface area contributed by atoms with Crippen molar-refractivity contribution < 1.29 is 59.5 Å². The Morgan fingerprint density at radius 2 is 1.70 bits per heavy atom. The predicted octanol–water partition coefficient (Wildman–Crippen LogP) is -0.822. The zero-order valence-corrected chi connectivity index (χ0v) is 21.0. The lowest BCUT2D eigenvalue weighted by Gasteiger charge is -2.43. The standard InChI is InChI=1S/C27H30O13/c28-9-21-24(34)23(33)15(7-20-25(35)27(36,10-29)11-37-20)26(40-21)38-14-5-16(31)22-17(32)8-18(39-19(22)6-14)12-1-3-13(30)4-2-12/h1-6,8,15,20-21,23-26,28-31,33-36H,7,9-11H2/t15-,20+,21-,23-,24-,25+,26-,27-/m1/s1. The van der Waals surface area contributed by atoms with Crippen LogP contribution < -0.4 is 10.2 Å². The molecule has 216 valence electrons. The molecule has 8 N–H and O–H groups in total. The van der Waals surface area contributed by atoms with Crippen molar-refractivity contribution in [1.29, 1.82) is 0 Å². The third kappa shape index (κ3) is 5.13. The van der Waals surface area contributed by atoms with Gasteiger partial charge in [-0.25, -0.2) is 0 Å². The van der Waals surface area contributed by atoms with Crippen LogP contribution in [0.15, 0.2) is 51.7 Å². The molecule has 2 saturated heterocycles. The minimum absolute atomic E-state index is 0.0207. The summed E-state index contributed by atoms with van der Waals surface area (Å²) in [6, 6.07) is 9.56. The summed E-state index contributed by atoms with van der Waals surface area (Å²) in [6.45, 7) is -1.80. The lowest BCUT2D eigenvalue weighted by atomic mass is 9.84. The van der Waals surface area contributed by atoms with E-state index in [-0.39, 0.29) is 41.3 Å². The summed E-state index contributed by atoms with van der Waals surface area (Å²) < 4.78 is 22.9. The molecule has 1 aromatic heterocycles. The van der Waals surface area contributed by atoms with Gasteiger partial charge in [-0.15, -0.1) is 0 Å². The first kappa shape index (κ1) is 28.3. The van der Waals surface area contributed by atoms with Gasteiger partial charge in [-0.05, 0) is 30.7 Å². The average molecular weight is 563 g/mol. The lowest BCUT2D eigenvalue weighted by Crippen LogP contribution is -2.58. The first-order chi connectivity index (χ1) is 19.0. The van der Waals surface area contributed by atoms with E-state index in [0.717, 1.165) is 6.07 Å². The summed E-state index contributed by atoms with van der Waals surface area (Å²) in [5.74, 6) is -1.42. The number of rotatable bonds is 7. The van der Waals surface area contributed by atoms with Gasteiger partial charge in [0.15, 0.2) is 5.43 Å². The molecular formula is C27H30O13. The molecule has 3 aromatic rings. The first-order valence-corrected chi connectivity index (χ1v) is 12.6. The topological polar surface area (TPSA) is 220 Å². The van der Waals surface area contributed by atoms with Crippen LogP contribution in [0, 0.1) is 5.92 Å². The highest BCUT2D eigenvalue weighted by molar-refractivity contribution is 5.86. The van der Waals surface area contributed by atoms with Crippen LogP contribution in [0.25, 0.3) is 22.3 Å². The van der Waals surface area contributed by atoms with E-state index in [1.165, 1.54) is 24.3 Å². The van der Waals surface area contributed by atoms with Crippen LogP contribution in [0.2, 0.25) is 0 Å². The summed E-state index contributed by atoms with van der Waals surface area (Å²) >= 11 is 0. The van der Waals surface area contributed by atoms with Gasteiger partial charge in [0.05, 0.1) is 37.9 Å². The maximum Gasteiger partial charge on any atom is 0.205 e. The fraction of sp³-hybridized carbons (Fsp3) is 0.444. The Morgan fingerprint density at radius 3 is 2.35 bits per heavy atom. The Bertz CT molecular complexity index is 1410. The van der Waals surface area contributed by atoms with Crippen molar-refractivity contribution in [2.75, 3.05) is 19.8 Å². The molecule has 2 aromatic carbocycles. The van der Waals surface area contributed by atoms with Gasteiger partial charge in [0.2, 0.25) is 6.29 Å². The van der Waals surface area contributed by atoms with Crippen LogP contribution >= 0.6 is 0 Å². The molecule has 0 bridgehead atoms. The van der Waals surface area contributed by atoms with Gasteiger partial charge in [-0.1, -0.05) is 0 Å². The highest BCUT2D eigenvalue weighted by Gasteiger charge is 2.52. The van der Waals surface area contributed by atoms with Crippen molar-refractivity contribution in [3.63, 3.8) is 0 Å². The Morgan fingerprint density at radius 1 is 0.975 bits per heavy atom. The molecule has 0 saturated carbocycles. The number of aliphatic hydroxyl groups excluding tert-OH is 5. The Kier molecular flexibility index (Phi) is 7.74. The molecule has 13 nitrogen and oxygen atoms in total. The predicted molar refractivity (Wildman–Crippen MR) is 136 cm³/mol. The minimum atomic E-state index is -1.91. The van der Waals surface area contributed by atoms with Crippen LogP contribution in [0.1, 0.15) is 6.42 Å². The molecule has 0 radical (unpaired) electrons. The molecule has 40 heavy (non-hydrogen) atoms. The molecule has 0 unspecified atom stereocenters. The molecular weight excluding hydrogens is 532 g/mol. The molecule has 2 fully saturated rings. The highest BCUT2D eigenvalue weighted by atomic mass is 16.7. The molecule has 2 aliphatic rings. The second kappa shape index (κ2) is 11.0. The molecule has 8 atom stereocenters. The first-order valence-electron chi connectivity index (χ1n) is 12.6. The number of ether oxygens (including phenoxy) is 3. The van der Waals surface area contributed by atoms with Gasteiger partial charge in [0, 0.05) is 23.8 Å². The fourth-order valence-electron chi connectivity index (χ4n) is 5.10. The number of hydrogen-bond donors (Lipinski definition) is 8. The second-order valence-corrected chi connectivity index (χ2v) is 10.1. The maximum atomic E-state index is 12.8. The van der Waals surface area contributed by atoms with E-state index in [9.17, 15) is 45.6 Å². The van der Waals surface area contributed by atoms with Crippen molar-refractivity contribution in [2.24, 2.45) is 5.92 Å². The number of fused-ring (bicyclic) bond motifs is 1. The van der Waals surface area contributed by atoms with E-state index in [1.807, 2.05) is 0 Å². The minimum Gasteiger partial charge on any atom is -0.508 e. The van der Waals surface area contributed by atoms with Crippen LogP contribution in [0.3, 0.4) is 0 Å². The van der Waals surface area contributed by atoms with Crippen molar-refractivity contribution in [3.8, 4) is 28.6 Å². The summed E-state index contributed by atoms with van der Waals surface area (Å²) in [7, 11) is 0. The summed E-state index contributed by atoms with van der Waals surface area (Å²) in [5, 5.41) is 81.3. The smallest absolute Gasteiger partial charge is 0.205 e. The third-order valence-corrected chi connectivity index (χ3v) is 7.42. The Labute approximate surface area is 226 Å². The number of benzene rings is 2. The number of phenolic OH excluding ortho intramolecular Hbond substituents is 2. The van der Waals surface area contributed by atoms with Crippen molar-refractivity contribution in [2.45, 2.75) is 48.8 Å². The van der Waals surface area contributed by atoms with E-state index < -0.39 is 72.7 Å². The van der Waals surface area contributed by atoms with Gasteiger partial charge < -0.3 is 59.5 Å². The molecule has 5 rings (SSSR count). The zero-order chi connectivity index (χ0) is 28.8. The van der Waals surface area contributed by atoms with Gasteiger partial charge in [-0.3, -0.25) is 4.79 Å². The van der Waals surface area contributed by atoms with Gasteiger partial charge in [0.25, 0.3) is 0 Å². The third-order valence-electron chi connectivity index (χ3n) is 7.42. The van der Waals surface area contributed by atoms with Gasteiger partial charge in [0.1, 0.15) is 57.9 Å². The highest BCUT2D eigenvalue weighted by Crippen LogP contribution is 2.38. The van der Waals surface area contributed by atoms with Crippen molar-refractivity contribution >= 4 is 11.0 Å². The Hall–Kier alpha value is -3.27. The maximum absolute atomic E-state index is 12.8. The molecule has 3 heterocycles. The number of aliphatic hydroxyl groups is 6. The molecule has 0 aliphatic carbocycles. The number of aromatic hydroxyl groups is 2. The van der Waals surface area contributed by atoms with Crippen molar-refractivity contribution in [3.05, 3.63) is 52.7 Å². The molecule has 0 amide bonds. The monoisotopic (exact) mass is 562 g/mol. The molecule has 13 heteroatoms. The van der Waals surface area contributed by atoms with Gasteiger partial charge in [-0.2, -0.15) is 0 Å². The summed E-state index contributed by atoms with van der Waals surface area (Å²) in [4.78, 5) is 12.8. The average Bonchev–Trinajstić information content (AvgIpc) is 3.21. The SMILES string of the molecule is O=c1cc(-c2ccc(O)cc2)oc2cc(O[C@@H]3O[C@H](CO)[C@@H](O)[C@H](O)[C@H]3C[C@@H]3OC[C@](O)(CO)[C@H]3O)cc(O)c12. The number of phenols is 2. The lowest BCUT2D eigenvalue weighted by molar-refractivity contribution is -0.265. The Balaban J connectivity index is 1.47. The molecule has 2 aliphatic heterocycles. The fourth-order valence-corrected chi connectivity index (χ4v) is 5.10. The quantitative estimate of drug-likeness (QED) is 0.177. The van der Waals surface area contributed by atoms with E-state index >= 15 is 0 Å². The largest absolute Gasteiger partial charge is 0.508 e. The number of hydrogen-bond acceptors (Lipinski definition) is 13. The van der Waals surface area contributed by atoms with Crippen molar-refractivity contribution in [1.82, 2.24) is 0 Å². The summed E-state index contributed by atoms with van der Waals surface area (Å²) in [5.41, 5.74) is -2.01. The van der Waals surface area contributed by atoms with E-state index in [1.54, 1.807) is 12.1 Å². The molecule has 0 spiro atoms. The van der Waals surface area contributed by atoms with E-state index in [0.29, 0.717) is 5.56 Å². The van der Waals surface area contributed by atoms with E-state index in [4.69, 9.17) is 18.6 Å². The van der Waals surface area contributed by atoms with Gasteiger partial charge >= 0.3 is 0 Å². The normalized spacial score (nSPS) is 32.4. The second-order valence-electron chi connectivity index (χ2n) is 10.1. The van der Waals surface area contributed by atoms with Crippen LogP contribution in [0.5, 0.6) is 17.2 Å². The zero-order valence-electron chi connectivity index (χ0n) is 21.0. The van der Waals surface area contributed by atoms with Crippen LogP contribution in [-0.2, 0) is 9.47 Å². The van der Waals surface area contributed by atoms with Crippen LogP contribution in [0.4, 0.5) is 0 Å². The van der Waals surface area contributed by atoms with E-state index in [2.05, 4.69) is 0 Å².